The highest BCUT2D eigenvalue weighted by Crippen LogP contribution is 2.27. The summed E-state index contributed by atoms with van der Waals surface area (Å²) in [7, 11) is 0. The van der Waals surface area contributed by atoms with E-state index in [0.29, 0.717) is 11.1 Å². The SMILES string of the molecule is CC1(C)CCCC(C)(C)N1.[HH]. The van der Waals surface area contributed by atoms with Gasteiger partial charge >= 0.3 is 0 Å². The van der Waals surface area contributed by atoms with Gasteiger partial charge in [0.25, 0.3) is 0 Å². The second-order valence-corrected chi connectivity index (χ2v) is 4.75. The first-order valence-electron chi connectivity index (χ1n) is 4.21. The van der Waals surface area contributed by atoms with Gasteiger partial charge in [0.1, 0.15) is 0 Å². The van der Waals surface area contributed by atoms with Crippen LogP contribution in [0.5, 0.6) is 0 Å². The van der Waals surface area contributed by atoms with E-state index in [-0.39, 0.29) is 1.43 Å². The minimum atomic E-state index is 0. The van der Waals surface area contributed by atoms with Gasteiger partial charge in [0.15, 0.2) is 0 Å². The fourth-order valence-corrected chi connectivity index (χ4v) is 2.01. The van der Waals surface area contributed by atoms with Crippen LogP contribution in [0.25, 0.3) is 0 Å². The summed E-state index contributed by atoms with van der Waals surface area (Å²) >= 11 is 0. The average molecular weight is 143 g/mol. The molecule has 0 aromatic heterocycles. The van der Waals surface area contributed by atoms with Gasteiger partial charge in [0.2, 0.25) is 0 Å². The van der Waals surface area contributed by atoms with E-state index < -0.39 is 0 Å². The molecule has 0 aliphatic carbocycles. The molecule has 1 saturated heterocycles. The van der Waals surface area contributed by atoms with E-state index in [4.69, 9.17) is 0 Å². The van der Waals surface area contributed by atoms with Crippen molar-refractivity contribution in [1.29, 1.82) is 0 Å². The molecule has 1 heterocycles. The monoisotopic (exact) mass is 143 g/mol. The number of rotatable bonds is 0. The molecule has 0 bridgehead atoms. The highest BCUT2D eigenvalue weighted by molar-refractivity contribution is 4.92. The van der Waals surface area contributed by atoms with Gasteiger partial charge in [-0.15, -0.1) is 0 Å². The summed E-state index contributed by atoms with van der Waals surface area (Å²) in [5.41, 5.74) is 0.726. The highest BCUT2D eigenvalue weighted by atomic mass is 15.0. The van der Waals surface area contributed by atoms with Crippen molar-refractivity contribution in [2.45, 2.75) is 58.0 Å². The van der Waals surface area contributed by atoms with Gasteiger partial charge < -0.3 is 5.32 Å². The fourth-order valence-electron chi connectivity index (χ4n) is 2.01. The lowest BCUT2D eigenvalue weighted by molar-refractivity contribution is 0.183. The molecule has 62 valence electrons. The molecule has 1 aliphatic heterocycles. The van der Waals surface area contributed by atoms with E-state index in [1.54, 1.807) is 0 Å². The summed E-state index contributed by atoms with van der Waals surface area (Å²) in [6.07, 6.45) is 4.00. The largest absolute Gasteiger partial charge is 0.307 e. The predicted octanol–water partition coefficient (Wildman–Crippen LogP) is 2.56. The van der Waals surface area contributed by atoms with Gasteiger partial charge in [-0.25, -0.2) is 0 Å². The van der Waals surface area contributed by atoms with Crippen LogP contribution in [-0.2, 0) is 0 Å². The van der Waals surface area contributed by atoms with E-state index in [9.17, 15) is 0 Å². The van der Waals surface area contributed by atoms with Gasteiger partial charge in [-0.2, -0.15) is 0 Å². The summed E-state index contributed by atoms with van der Waals surface area (Å²) in [6, 6.07) is 0. The van der Waals surface area contributed by atoms with Crippen molar-refractivity contribution in [3.05, 3.63) is 0 Å². The molecule has 1 nitrogen and oxygen atoms in total. The Morgan fingerprint density at radius 3 is 1.60 bits per heavy atom. The Morgan fingerprint density at radius 1 is 1.00 bits per heavy atom. The molecule has 0 atom stereocenters. The van der Waals surface area contributed by atoms with Crippen LogP contribution < -0.4 is 5.32 Å². The summed E-state index contributed by atoms with van der Waals surface area (Å²) in [5, 5.41) is 3.63. The van der Waals surface area contributed by atoms with E-state index in [2.05, 4.69) is 33.0 Å². The number of nitrogens with one attached hydrogen (secondary N) is 1. The summed E-state index contributed by atoms with van der Waals surface area (Å²) in [5.74, 6) is 0. The van der Waals surface area contributed by atoms with E-state index >= 15 is 0 Å². The minimum Gasteiger partial charge on any atom is -0.307 e. The molecule has 0 aromatic carbocycles. The third kappa shape index (κ3) is 1.98. The molecule has 0 radical (unpaired) electrons. The zero-order valence-corrected chi connectivity index (χ0v) is 7.62. The molecular weight excluding hydrogens is 122 g/mol. The second kappa shape index (κ2) is 2.23. The lowest BCUT2D eigenvalue weighted by atomic mass is 9.83. The molecule has 0 aromatic rings. The topological polar surface area (TPSA) is 12.0 Å². The van der Waals surface area contributed by atoms with E-state index in [1.165, 1.54) is 19.3 Å². The Balaban J connectivity index is 0.000001000. The van der Waals surface area contributed by atoms with Gasteiger partial charge in [-0.3, -0.25) is 0 Å². The summed E-state index contributed by atoms with van der Waals surface area (Å²) in [4.78, 5) is 0. The van der Waals surface area contributed by atoms with Crippen LogP contribution in [0.2, 0.25) is 0 Å². The molecule has 0 amide bonds. The fraction of sp³-hybridized carbons (Fsp3) is 1.00. The maximum absolute atomic E-state index is 3.63. The van der Waals surface area contributed by atoms with Crippen molar-refractivity contribution in [3.8, 4) is 0 Å². The Bertz CT molecular complexity index is 116. The molecule has 1 N–H and O–H groups in total. The average Bonchev–Trinajstić information content (AvgIpc) is 1.56. The van der Waals surface area contributed by atoms with Crippen molar-refractivity contribution in [2.24, 2.45) is 0 Å². The second-order valence-electron chi connectivity index (χ2n) is 4.75. The van der Waals surface area contributed by atoms with Crippen LogP contribution in [0.15, 0.2) is 0 Å². The van der Waals surface area contributed by atoms with Crippen LogP contribution in [0.4, 0.5) is 0 Å². The maximum Gasteiger partial charge on any atom is 0.0130 e. The normalized spacial score (nSPS) is 30.0. The summed E-state index contributed by atoms with van der Waals surface area (Å²) in [6.45, 7) is 9.14. The van der Waals surface area contributed by atoms with Crippen LogP contribution in [0.3, 0.4) is 0 Å². The van der Waals surface area contributed by atoms with E-state index in [1.807, 2.05) is 0 Å². The van der Waals surface area contributed by atoms with Crippen molar-refractivity contribution in [1.82, 2.24) is 5.32 Å². The van der Waals surface area contributed by atoms with Gasteiger partial charge in [0.05, 0.1) is 0 Å². The molecule has 0 spiro atoms. The van der Waals surface area contributed by atoms with Gasteiger partial charge in [-0.1, -0.05) is 0 Å². The van der Waals surface area contributed by atoms with Crippen molar-refractivity contribution < 1.29 is 1.43 Å². The number of piperidine rings is 1. The molecule has 10 heavy (non-hydrogen) atoms. The third-order valence-corrected chi connectivity index (χ3v) is 2.28. The zero-order valence-electron chi connectivity index (χ0n) is 7.62. The van der Waals surface area contributed by atoms with Crippen molar-refractivity contribution >= 4 is 0 Å². The van der Waals surface area contributed by atoms with E-state index in [0.717, 1.165) is 0 Å². The third-order valence-electron chi connectivity index (χ3n) is 2.28. The molecular formula is C9H21N. The zero-order chi connectivity index (χ0) is 7.83. The van der Waals surface area contributed by atoms with Gasteiger partial charge in [-0.05, 0) is 47.0 Å². The standard InChI is InChI=1S/C9H19N.H2/c1-8(2)6-5-7-9(3,4)10-8;/h10H,5-7H2,1-4H3;1H. The molecule has 1 fully saturated rings. The first-order chi connectivity index (χ1) is 4.41. The molecule has 1 rings (SSSR count). The maximum atomic E-state index is 3.63. The molecule has 0 saturated carbocycles. The van der Waals surface area contributed by atoms with Crippen LogP contribution >= 0.6 is 0 Å². The number of hydrogen-bond acceptors (Lipinski definition) is 1. The van der Waals surface area contributed by atoms with Crippen LogP contribution in [-0.4, -0.2) is 11.1 Å². The smallest absolute Gasteiger partial charge is 0.0130 e. The summed E-state index contributed by atoms with van der Waals surface area (Å²) < 4.78 is 0. The van der Waals surface area contributed by atoms with Crippen LogP contribution in [0, 0.1) is 0 Å². The minimum absolute atomic E-state index is 0. The lowest BCUT2D eigenvalue weighted by Gasteiger charge is -2.42. The van der Waals surface area contributed by atoms with Crippen molar-refractivity contribution in [3.63, 3.8) is 0 Å². The lowest BCUT2D eigenvalue weighted by Crippen LogP contribution is -2.55. The Kier molecular flexibility index (Phi) is 1.80. The van der Waals surface area contributed by atoms with Gasteiger partial charge in [0, 0.05) is 12.5 Å². The predicted molar refractivity (Wildman–Crippen MR) is 47.3 cm³/mol. The van der Waals surface area contributed by atoms with Crippen LogP contribution in [0.1, 0.15) is 48.4 Å². The first-order valence-corrected chi connectivity index (χ1v) is 4.21. The van der Waals surface area contributed by atoms with Crippen molar-refractivity contribution in [2.75, 3.05) is 0 Å². The molecule has 1 aliphatic rings. The molecule has 0 unspecified atom stereocenters. The Labute approximate surface area is 65.7 Å². The first kappa shape index (κ1) is 8.06. The Hall–Kier alpha value is -0.0400. The Morgan fingerprint density at radius 2 is 1.40 bits per heavy atom. The quantitative estimate of drug-likeness (QED) is 0.549. The molecule has 1 heteroatoms. The highest BCUT2D eigenvalue weighted by Gasteiger charge is 2.31. The number of hydrogen-bond donors (Lipinski definition) is 1.